The van der Waals surface area contributed by atoms with Crippen LogP contribution in [0.3, 0.4) is 0 Å². The fourth-order valence-corrected chi connectivity index (χ4v) is 3.07. The number of anilines is 1. The number of aliphatic imine (C=N–C) groups is 1. The average Bonchev–Trinajstić information content (AvgIpc) is 3.09. The van der Waals surface area contributed by atoms with Crippen LogP contribution in [0.5, 0.6) is 0 Å². The Kier molecular flexibility index (Phi) is 5.83. The molecule has 1 atom stereocenters. The zero-order chi connectivity index (χ0) is 20.3. The number of urea groups is 1. The number of carbonyl (C=O) groups is 3. The minimum Gasteiger partial charge on any atom is -0.416 e. The number of halogens is 1. The minimum absolute atomic E-state index is 0.0156. The summed E-state index contributed by atoms with van der Waals surface area (Å²) in [7, 11) is 1.36. The van der Waals surface area contributed by atoms with Crippen LogP contribution in [-0.2, 0) is 16.0 Å². The molecular weight excluding hydrogens is 389 g/mol. The van der Waals surface area contributed by atoms with E-state index in [-0.39, 0.29) is 35.1 Å². The van der Waals surface area contributed by atoms with Crippen LogP contribution < -0.4 is 5.32 Å². The highest BCUT2D eigenvalue weighted by Crippen LogP contribution is 2.21. The van der Waals surface area contributed by atoms with Gasteiger partial charge in [-0.3, -0.25) is 14.5 Å². The number of carbonyl (C=O) groups excluding carboxylic acids is 3. The summed E-state index contributed by atoms with van der Waals surface area (Å²) in [4.78, 5) is 40.4. The number of thioether (sulfide) groups is 1. The summed E-state index contributed by atoms with van der Waals surface area (Å²) in [5.74, 6) is -1.67. The number of imide groups is 1. The van der Waals surface area contributed by atoms with Crippen LogP contribution in [0, 0.1) is 11.7 Å². The maximum absolute atomic E-state index is 13.1. The number of amides is 4. The van der Waals surface area contributed by atoms with Gasteiger partial charge in [-0.1, -0.05) is 17.8 Å². The first-order chi connectivity index (χ1) is 13.3. The van der Waals surface area contributed by atoms with E-state index in [0.717, 1.165) is 16.7 Å². The van der Waals surface area contributed by atoms with E-state index in [1.165, 1.54) is 25.2 Å². The van der Waals surface area contributed by atoms with Gasteiger partial charge in [0.2, 0.25) is 17.7 Å². The number of benzene rings is 1. The van der Waals surface area contributed by atoms with Gasteiger partial charge >= 0.3 is 6.03 Å². The quantitative estimate of drug-likeness (QED) is 0.732. The number of nitrogens with one attached hydrogen (secondary N) is 1. The van der Waals surface area contributed by atoms with Crippen LogP contribution in [0.15, 0.2) is 38.9 Å². The van der Waals surface area contributed by atoms with Crippen molar-refractivity contribution in [3.05, 3.63) is 36.0 Å². The lowest BCUT2D eigenvalue weighted by atomic mass is 9.97. The van der Waals surface area contributed by atoms with Gasteiger partial charge in [-0.2, -0.15) is 0 Å². The first-order valence-electron chi connectivity index (χ1n) is 8.21. The summed E-state index contributed by atoms with van der Waals surface area (Å²) in [6.45, 7) is 1.59. The van der Waals surface area contributed by atoms with Gasteiger partial charge in [-0.05, 0) is 25.1 Å². The molecular formula is C17H16FN5O4S. The van der Waals surface area contributed by atoms with Crippen molar-refractivity contribution in [2.24, 2.45) is 10.9 Å². The van der Waals surface area contributed by atoms with E-state index in [4.69, 9.17) is 4.42 Å². The van der Waals surface area contributed by atoms with E-state index in [2.05, 4.69) is 20.5 Å². The van der Waals surface area contributed by atoms with Crippen molar-refractivity contribution in [2.45, 2.75) is 18.6 Å². The monoisotopic (exact) mass is 405 g/mol. The second kappa shape index (κ2) is 8.30. The number of hydrogen-bond acceptors (Lipinski definition) is 7. The molecule has 28 heavy (non-hydrogen) atoms. The number of rotatable bonds is 6. The predicted molar refractivity (Wildman–Crippen MR) is 98.5 cm³/mol. The molecule has 0 spiro atoms. The topological polar surface area (TPSA) is 118 Å². The Bertz CT molecular complexity index is 961. The first-order valence-corrected chi connectivity index (χ1v) is 9.19. The molecule has 3 rings (SSSR count). The van der Waals surface area contributed by atoms with Gasteiger partial charge < -0.3 is 9.73 Å². The summed E-state index contributed by atoms with van der Waals surface area (Å²) < 4.78 is 18.6. The van der Waals surface area contributed by atoms with Crippen molar-refractivity contribution in [2.75, 3.05) is 18.1 Å². The lowest BCUT2D eigenvalue weighted by molar-refractivity contribution is -0.129. The smallest absolute Gasteiger partial charge is 0.349 e. The fourth-order valence-electron chi connectivity index (χ4n) is 2.49. The molecule has 0 fully saturated rings. The second-order valence-electron chi connectivity index (χ2n) is 6.00. The molecule has 0 saturated heterocycles. The summed E-state index contributed by atoms with van der Waals surface area (Å²) in [5.41, 5.74) is 0.732. The van der Waals surface area contributed by atoms with Gasteiger partial charge in [0.25, 0.3) is 5.22 Å². The Morgan fingerprint density at radius 1 is 1.36 bits per heavy atom. The molecule has 4 amide bonds. The Labute approximate surface area is 163 Å². The van der Waals surface area contributed by atoms with Crippen LogP contribution in [-0.4, -0.2) is 51.5 Å². The number of aromatic nitrogens is 2. The molecule has 2 aromatic rings. The van der Waals surface area contributed by atoms with Crippen molar-refractivity contribution >= 4 is 41.0 Å². The van der Waals surface area contributed by atoms with Crippen molar-refractivity contribution < 1.29 is 23.2 Å². The molecule has 9 nitrogen and oxygen atoms in total. The van der Waals surface area contributed by atoms with E-state index in [1.807, 2.05) is 0 Å². The molecule has 146 valence electrons. The van der Waals surface area contributed by atoms with Crippen LogP contribution in [0.1, 0.15) is 12.8 Å². The molecule has 0 radical (unpaired) electrons. The number of hydrogen-bond donors (Lipinski definition) is 1. The highest BCUT2D eigenvalue weighted by molar-refractivity contribution is 7.99. The average molecular weight is 405 g/mol. The Morgan fingerprint density at radius 2 is 2.14 bits per heavy atom. The van der Waals surface area contributed by atoms with E-state index in [1.54, 1.807) is 13.0 Å². The normalized spacial score (nSPS) is 16.9. The minimum atomic E-state index is -0.655. The molecule has 11 heteroatoms. The second-order valence-corrected chi connectivity index (χ2v) is 6.93. The van der Waals surface area contributed by atoms with Crippen LogP contribution in [0.25, 0.3) is 0 Å². The maximum Gasteiger partial charge on any atom is 0.349 e. The van der Waals surface area contributed by atoms with Crippen LogP contribution in [0.4, 0.5) is 14.9 Å². The fraction of sp³-hybridized carbons (Fsp3) is 0.294. The Hall–Kier alpha value is -3.08. The van der Waals surface area contributed by atoms with Crippen molar-refractivity contribution in [3.8, 4) is 0 Å². The molecule has 1 aliphatic rings. The highest BCUT2D eigenvalue weighted by Gasteiger charge is 2.34. The van der Waals surface area contributed by atoms with Gasteiger partial charge in [-0.15, -0.1) is 10.2 Å². The van der Waals surface area contributed by atoms with Gasteiger partial charge in [0.05, 0.1) is 11.7 Å². The summed E-state index contributed by atoms with van der Waals surface area (Å²) >= 11 is 1.01. The SMILES string of the molecule is CC1=NC(=O)N(C)C(=O)C1Cc1nnc(SCC(=O)Nc2cccc(F)c2)o1. The van der Waals surface area contributed by atoms with E-state index >= 15 is 0 Å². The molecule has 1 aromatic carbocycles. The third-order valence-corrected chi connectivity index (χ3v) is 4.77. The van der Waals surface area contributed by atoms with Gasteiger partial charge in [0.15, 0.2) is 0 Å². The Morgan fingerprint density at radius 3 is 2.89 bits per heavy atom. The summed E-state index contributed by atoms with van der Waals surface area (Å²) in [5, 5.41) is 10.4. The van der Waals surface area contributed by atoms with Gasteiger partial charge in [-0.25, -0.2) is 14.2 Å². The molecule has 1 unspecified atom stereocenters. The van der Waals surface area contributed by atoms with E-state index in [0.29, 0.717) is 11.4 Å². The molecule has 0 aliphatic carbocycles. The van der Waals surface area contributed by atoms with Crippen molar-refractivity contribution in [3.63, 3.8) is 0 Å². The van der Waals surface area contributed by atoms with Crippen LogP contribution in [0.2, 0.25) is 0 Å². The molecule has 1 N–H and O–H groups in total. The van der Waals surface area contributed by atoms with Crippen LogP contribution >= 0.6 is 11.8 Å². The molecule has 2 heterocycles. The molecule has 0 bridgehead atoms. The van der Waals surface area contributed by atoms with E-state index < -0.39 is 17.8 Å². The molecule has 1 aromatic heterocycles. The lowest BCUT2D eigenvalue weighted by Crippen LogP contribution is -2.44. The third-order valence-electron chi connectivity index (χ3n) is 3.95. The summed E-state index contributed by atoms with van der Waals surface area (Å²) in [6, 6.07) is 4.95. The standard InChI is InChI=1S/C17H16FN5O4S/c1-9-12(15(25)23(2)16(26)19-9)7-14-21-22-17(27-14)28-8-13(24)20-11-5-3-4-10(18)6-11/h3-6,12H,7-8H2,1-2H3,(H,20,24). The molecule has 1 aliphatic heterocycles. The maximum atomic E-state index is 13.1. The van der Waals surface area contributed by atoms with Gasteiger partial charge in [0, 0.05) is 24.9 Å². The van der Waals surface area contributed by atoms with Crippen molar-refractivity contribution in [1.82, 2.24) is 15.1 Å². The summed E-state index contributed by atoms with van der Waals surface area (Å²) in [6.07, 6.45) is 0.106. The van der Waals surface area contributed by atoms with Crippen molar-refractivity contribution in [1.29, 1.82) is 0 Å². The zero-order valence-corrected chi connectivity index (χ0v) is 15.8. The third kappa shape index (κ3) is 4.60. The first kappa shape index (κ1) is 19.7. The lowest BCUT2D eigenvalue weighted by Gasteiger charge is -2.24. The van der Waals surface area contributed by atoms with E-state index in [9.17, 15) is 18.8 Å². The highest BCUT2D eigenvalue weighted by atomic mass is 32.2. The number of nitrogens with zero attached hydrogens (tertiary/aromatic N) is 4. The predicted octanol–water partition coefficient (Wildman–Crippen LogP) is 2.15. The zero-order valence-electron chi connectivity index (χ0n) is 15.0. The largest absolute Gasteiger partial charge is 0.416 e. The Balaban J connectivity index is 1.56. The van der Waals surface area contributed by atoms with Gasteiger partial charge in [0.1, 0.15) is 5.82 Å². The molecule has 0 saturated carbocycles.